The van der Waals surface area contributed by atoms with Gasteiger partial charge in [-0.05, 0) is 62.1 Å². The molecule has 2 aliphatic heterocycles. The first-order valence-corrected chi connectivity index (χ1v) is 9.80. The number of nitrogens with one attached hydrogen (secondary N) is 2. The van der Waals surface area contributed by atoms with Gasteiger partial charge in [0, 0.05) is 35.5 Å². The average Bonchev–Trinajstić information content (AvgIpc) is 2.86. The second kappa shape index (κ2) is 6.68. The Balaban J connectivity index is 1.32. The van der Waals surface area contributed by atoms with Crippen molar-refractivity contribution < 1.29 is 4.79 Å². The largest absolute Gasteiger partial charge is 0.355 e. The third-order valence-corrected chi connectivity index (χ3v) is 6.69. The zero-order valence-electron chi connectivity index (χ0n) is 14.2. The Kier molecular flexibility index (Phi) is 4.57. The molecule has 2 heterocycles. The van der Waals surface area contributed by atoms with Crippen LogP contribution < -0.4 is 10.6 Å². The van der Waals surface area contributed by atoms with Gasteiger partial charge in [0.25, 0.3) is 0 Å². The van der Waals surface area contributed by atoms with Gasteiger partial charge in [0.1, 0.15) is 0 Å². The second-order valence-corrected chi connectivity index (χ2v) is 8.53. The van der Waals surface area contributed by atoms with E-state index in [-0.39, 0.29) is 11.3 Å². The molecular weight excluding hydrogens is 320 g/mol. The Hall–Kier alpha value is -1.06. The van der Waals surface area contributed by atoms with Gasteiger partial charge < -0.3 is 10.6 Å². The van der Waals surface area contributed by atoms with E-state index in [4.69, 9.17) is 11.6 Å². The van der Waals surface area contributed by atoms with E-state index < -0.39 is 0 Å². The first kappa shape index (κ1) is 16.4. The van der Waals surface area contributed by atoms with Gasteiger partial charge in [0.05, 0.1) is 0 Å². The Bertz CT molecular complexity index is 584. The van der Waals surface area contributed by atoms with Crippen LogP contribution in [-0.4, -0.2) is 24.5 Å². The highest BCUT2D eigenvalue weighted by atomic mass is 35.5. The third-order valence-electron chi connectivity index (χ3n) is 6.44. The summed E-state index contributed by atoms with van der Waals surface area (Å²) in [6.45, 7) is 0.769. The molecule has 2 unspecified atom stereocenters. The number of benzene rings is 1. The summed E-state index contributed by atoms with van der Waals surface area (Å²) in [6.07, 6.45) is 9.20. The molecule has 4 rings (SSSR count). The zero-order chi connectivity index (χ0) is 16.6. The Morgan fingerprint density at radius 1 is 1.17 bits per heavy atom. The molecule has 2 saturated heterocycles. The smallest absolute Gasteiger partial charge is 0.220 e. The number of carbonyl (C=O) groups excluding carboxylic acids is 1. The molecule has 3 aliphatic rings. The van der Waals surface area contributed by atoms with Crippen LogP contribution >= 0.6 is 11.6 Å². The summed E-state index contributed by atoms with van der Waals surface area (Å²) in [7, 11) is 0. The number of hydrogen-bond donors (Lipinski definition) is 2. The molecule has 2 N–H and O–H groups in total. The molecule has 24 heavy (non-hydrogen) atoms. The van der Waals surface area contributed by atoms with Crippen molar-refractivity contribution in [3.63, 3.8) is 0 Å². The van der Waals surface area contributed by atoms with Crippen molar-refractivity contribution in [2.45, 2.75) is 68.9 Å². The molecule has 1 aromatic carbocycles. The van der Waals surface area contributed by atoms with Gasteiger partial charge in [-0.2, -0.15) is 0 Å². The van der Waals surface area contributed by atoms with Gasteiger partial charge in [0.2, 0.25) is 5.91 Å². The molecule has 0 aromatic heterocycles. The van der Waals surface area contributed by atoms with Gasteiger partial charge in [-0.15, -0.1) is 0 Å². The van der Waals surface area contributed by atoms with E-state index in [2.05, 4.69) is 22.8 Å². The van der Waals surface area contributed by atoms with Crippen LogP contribution in [0.25, 0.3) is 0 Å². The van der Waals surface area contributed by atoms with Gasteiger partial charge >= 0.3 is 0 Å². The van der Waals surface area contributed by atoms with E-state index in [1.165, 1.54) is 37.7 Å². The fourth-order valence-electron chi connectivity index (χ4n) is 4.92. The van der Waals surface area contributed by atoms with Crippen LogP contribution in [0.15, 0.2) is 24.3 Å². The number of carbonyl (C=O) groups is 1. The molecule has 1 aliphatic carbocycles. The van der Waals surface area contributed by atoms with Crippen LogP contribution in [0.1, 0.15) is 56.9 Å². The van der Waals surface area contributed by atoms with E-state index in [0.717, 1.165) is 24.4 Å². The summed E-state index contributed by atoms with van der Waals surface area (Å²) in [5.74, 6) is 0.804. The lowest BCUT2D eigenvalue weighted by molar-refractivity contribution is -0.122. The molecule has 0 radical (unpaired) electrons. The first-order valence-electron chi connectivity index (χ1n) is 9.42. The predicted octanol–water partition coefficient (Wildman–Crippen LogP) is 3.80. The summed E-state index contributed by atoms with van der Waals surface area (Å²) in [5.41, 5.74) is 1.45. The van der Waals surface area contributed by atoms with E-state index in [0.29, 0.717) is 24.4 Å². The normalized spacial score (nSPS) is 30.6. The maximum Gasteiger partial charge on any atom is 0.220 e. The van der Waals surface area contributed by atoms with E-state index >= 15 is 0 Å². The van der Waals surface area contributed by atoms with Crippen molar-refractivity contribution in [1.82, 2.24) is 10.6 Å². The molecule has 0 spiro atoms. The maximum atomic E-state index is 12.5. The number of piperidine rings is 1. The molecule has 4 heteroatoms. The van der Waals surface area contributed by atoms with Crippen LogP contribution in [0.4, 0.5) is 0 Å². The number of rotatable bonds is 5. The summed E-state index contributed by atoms with van der Waals surface area (Å²) in [5, 5.41) is 7.67. The SMILES string of the molecule is O=C(CC1CC2CCC(C1)N2)NCC1(c2ccc(Cl)cc2)CCC1. The molecule has 1 amide bonds. The minimum Gasteiger partial charge on any atom is -0.355 e. The maximum absolute atomic E-state index is 12.5. The Morgan fingerprint density at radius 3 is 2.42 bits per heavy atom. The molecule has 3 nitrogen and oxygen atoms in total. The standard InChI is InChI=1S/C20H27ClN2O/c21-16-4-2-15(3-5-16)20(8-1-9-20)13-22-19(24)12-14-10-17-6-7-18(11-14)23-17/h2-5,14,17-18,23H,1,6-13H2,(H,22,24). The van der Waals surface area contributed by atoms with E-state index in [9.17, 15) is 4.79 Å². The molecular formula is C20H27ClN2O. The summed E-state index contributed by atoms with van der Waals surface area (Å²) < 4.78 is 0. The third kappa shape index (κ3) is 3.34. The summed E-state index contributed by atoms with van der Waals surface area (Å²) in [4.78, 5) is 12.5. The molecule has 2 atom stereocenters. The predicted molar refractivity (Wildman–Crippen MR) is 97.3 cm³/mol. The molecule has 130 valence electrons. The van der Waals surface area contributed by atoms with Gasteiger partial charge in [-0.25, -0.2) is 0 Å². The lowest BCUT2D eigenvalue weighted by Crippen LogP contribution is -2.46. The van der Waals surface area contributed by atoms with Crippen LogP contribution in [0.3, 0.4) is 0 Å². The monoisotopic (exact) mass is 346 g/mol. The lowest BCUT2D eigenvalue weighted by Gasteiger charge is -2.42. The van der Waals surface area contributed by atoms with Crippen molar-refractivity contribution in [3.05, 3.63) is 34.9 Å². The van der Waals surface area contributed by atoms with Gasteiger partial charge in [-0.1, -0.05) is 30.2 Å². The van der Waals surface area contributed by atoms with Crippen molar-refractivity contribution in [3.8, 4) is 0 Å². The summed E-state index contributed by atoms with van der Waals surface area (Å²) in [6, 6.07) is 9.49. The fourth-order valence-corrected chi connectivity index (χ4v) is 5.04. The van der Waals surface area contributed by atoms with Gasteiger partial charge in [-0.3, -0.25) is 4.79 Å². The molecule has 1 saturated carbocycles. The van der Waals surface area contributed by atoms with Crippen molar-refractivity contribution in [2.24, 2.45) is 5.92 Å². The van der Waals surface area contributed by atoms with E-state index in [1.807, 2.05) is 12.1 Å². The lowest BCUT2D eigenvalue weighted by atomic mass is 9.64. The Morgan fingerprint density at radius 2 is 1.83 bits per heavy atom. The van der Waals surface area contributed by atoms with Crippen molar-refractivity contribution in [1.29, 1.82) is 0 Å². The number of halogens is 1. The second-order valence-electron chi connectivity index (χ2n) is 8.10. The van der Waals surface area contributed by atoms with Crippen LogP contribution in [-0.2, 0) is 10.2 Å². The molecule has 1 aromatic rings. The number of amides is 1. The minimum absolute atomic E-state index is 0.132. The van der Waals surface area contributed by atoms with Crippen LogP contribution in [0.5, 0.6) is 0 Å². The zero-order valence-corrected chi connectivity index (χ0v) is 14.9. The Labute approximate surface area is 149 Å². The molecule has 2 bridgehead atoms. The van der Waals surface area contributed by atoms with Crippen molar-refractivity contribution >= 4 is 17.5 Å². The highest BCUT2D eigenvalue weighted by Crippen LogP contribution is 2.43. The minimum atomic E-state index is 0.132. The quantitative estimate of drug-likeness (QED) is 0.851. The number of fused-ring (bicyclic) bond motifs is 2. The number of hydrogen-bond acceptors (Lipinski definition) is 2. The van der Waals surface area contributed by atoms with Crippen LogP contribution in [0, 0.1) is 5.92 Å². The average molecular weight is 347 g/mol. The van der Waals surface area contributed by atoms with Crippen LogP contribution in [0.2, 0.25) is 5.02 Å². The topological polar surface area (TPSA) is 41.1 Å². The highest BCUT2D eigenvalue weighted by molar-refractivity contribution is 6.30. The molecule has 3 fully saturated rings. The van der Waals surface area contributed by atoms with Crippen molar-refractivity contribution in [2.75, 3.05) is 6.54 Å². The van der Waals surface area contributed by atoms with Gasteiger partial charge in [0.15, 0.2) is 0 Å². The first-order chi connectivity index (χ1) is 11.6. The van der Waals surface area contributed by atoms with E-state index in [1.54, 1.807) is 0 Å². The fraction of sp³-hybridized carbons (Fsp3) is 0.650. The summed E-state index contributed by atoms with van der Waals surface area (Å²) >= 11 is 6.01. The highest BCUT2D eigenvalue weighted by Gasteiger charge is 2.39.